The molecule has 2 atom stereocenters. The highest BCUT2D eigenvalue weighted by Gasteiger charge is 2.27. The minimum atomic E-state index is -0.339. The topological polar surface area (TPSA) is 68.2 Å². The highest BCUT2D eigenvalue weighted by Crippen LogP contribution is 2.26. The number of aromatic nitrogens is 2. The maximum Gasteiger partial charge on any atom is 0.319 e. The molecule has 1 aromatic carbocycles. The number of hydrogen-bond donors (Lipinski definition) is 2. The Kier molecular flexibility index (Phi) is 5.33. The first kappa shape index (κ1) is 17.4. The Hall–Kier alpha value is -2.41. The van der Waals surface area contributed by atoms with Crippen LogP contribution in [-0.4, -0.2) is 28.2 Å². The van der Waals surface area contributed by atoms with Crippen molar-refractivity contribution in [1.29, 1.82) is 0 Å². The Bertz CT molecular complexity index is 746. The lowest BCUT2D eigenvalue weighted by Gasteiger charge is -2.29. The zero-order chi connectivity index (χ0) is 17.8. The molecular formula is C18H23FN4O2. The summed E-state index contributed by atoms with van der Waals surface area (Å²) in [5.74, 6) is 0.547. The number of benzene rings is 1. The van der Waals surface area contributed by atoms with Gasteiger partial charge >= 0.3 is 6.03 Å². The molecular weight excluding hydrogens is 323 g/mol. The fourth-order valence-electron chi connectivity index (χ4n) is 3.06. The summed E-state index contributed by atoms with van der Waals surface area (Å²) in [6.45, 7) is 2.45. The van der Waals surface area contributed by atoms with E-state index in [0.717, 1.165) is 12.2 Å². The van der Waals surface area contributed by atoms with Gasteiger partial charge in [-0.25, -0.2) is 14.2 Å². The van der Waals surface area contributed by atoms with Crippen LogP contribution >= 0.6 is 0 Å². The number of imidazole rings is 1. The monoisotopic (exact) mass is 346 g/mol. The molecule has 1 aliphatic heterocycles. The van der Waals surface area contributed by atoms with E-state index in [9.17, 15) is 9.18 Å². The average molecular weight is 346 g/mol. The highest BCUT2D eigenvalue weighted by atomic mass is 19.1. The van der Waals surface area contributed by atoms with Crippen molar-refractivity contribution in [3.8, 4) is 0 Å². The summed E-state index contributed by atoms with van der Waals surface area (Å²) < 4.78 is 21.5. The molecule has 0 aliphatic carbocycles. The Morgan fingerprint density at radius 3 is 3.00 bits per heavy atom. The Morgan fingerprint density at radius 2 is 2.32 bits per heavy atom. The fraction of sp³-hybridized carbons (Fsp3) is 0.444. The van der Waals surface area contributed by atoms with Gasteiger partial charge in [0.05, 0.1) is 0 Å². The number of amides is 2. The molecule has 2 N–H and O–H groups in total. The SMILES string of the molecule is CCc1ccc(NC(=O)N[C@@H]2CCO[C@H](c3nccn3C)C2)cc1F. The van der Waals surface area contributed by atoms with Crippen LogP contribution in [0, 0.1) is 5.82 Å². The van der Waals surface area contributed by atoms with Gasteiger partial charge in [-0.1, -0.05) is 13.0 Å². The van der Waals surface area contributed by atoms with Gasteiger partial charge in [-0.3, -0.25) is 0 Å². The van der Waals surface area contributed by atoms with Crippen LogP contribution in [-0.2, 0) is 18.2 Å². The summed E-state index contributed by atoms with van der Waals surface area (Å²) >= 11 is 0. The Balaban J connectivity index is 1.57. The lowest BCUT2D eigenvalue weighted by Crippen LogP contribution is -2.42. The zero-order valence-electron chi connectivity index (χ0n) is 14.5. The standard InChI is InChI=1S/C18H23FN4O2/c1-3-12-4-5-13(10-15(12)19)21-18(24)22-14-6-9-25-16(11-14)17-20-7-8-23(17)2/h4-5,7-8,10,14,16H,3,6,9,11H2,1-2H3,(H2,21,22,24)/t14-,16+/m1/s1. The molecule has 25 heavy (non-hydrogen) atoms. The van der Waals surface area contributed by atoms with Gasteiger partial charge in [-0.15, -0.1) is 0 Å². The molecule has 0 radical (unpaired) electrons. The first-order valence-corrected chi connectivity index (χ1v) is 8.51. The van der Waals surface area contributed by atoms with Crippen molar-refractivity contribution in [2.45, 2.75) is 38.3 Å². The molecule has 0 saturated carbocycles. The van der Waals surface area contributed by atoms with Crippen LogP contribution < -0.4 is 10.6 Å². The molecule has 1 saturated heterocycles. The lowest BCUT2D eigenvalue weighted by atomic mass is 10.0. The van der Waals surface area contributed by atoms with Crippen molar-refractivity contribution >= 4 is 11.7 Å². The van der Waals surface area contributed by atoms with Crippen LogP contribution in [0.25, 0.3) is 0 Å². The third kappa shape index (κ3) is 4.17. The van der Waals surface area contributed by atoms with Crippen LogP contribution in [0.2, 0.25) is 0 Å². The molecule has 1 aromatic heterocycles. The van der Waals surface area contributed by atoms with E-state index in [4.69, 9.17) is 4.74 Å². The van der Waals surface area contributed by atoms with Crippen LogP contribution in [0.3, 0.4) is 0 Å². The fourth-order valence-corrected chi connectivity index (χ4v) is 3.06. The van der Waals surface area contributed by atoms with Crippen LogP contribution in [0.15, 0.2) is 30.6 Å². The van der Waals surface area contributed by atoms with Crippen molar-refractivity contribution in [3.05, 3.63) is 47.8 Å². The van der Waals surface area contributed by atoms with Crippen LogP contribution in [0.5, 0.6) is 0 Å². The van der Waals surface area contributed by atoms with E-state index >= 15 is 0 Å². The first-order chi connectivity index (χ1) is 12.1. The van der Waals surface area contributed by atoms with Gasteiger partial charge in [0.25, 0.3) is 0 Å². The zero-order valence-corrected chi connectivity index (χ0v) is 14.5. The van der Waals surface area contributed by atoms with E-state index in [1.165, 1.54) is 6.07 Å². The lowest BCUT2D eigenvalue weighted by molar-refractivity contribution is -0.00410. The quantitative estimate of drug-likeness (QED) is 0.893. The van der Waals surface area contributed by atoms with Crippen molar-refractivity contribution in [2.24, 2.45) is 7.05 Å². The van der Waals surface area contributed by atoms with E-state index in [1.807, 2.05) is 24.7 Å². The Morgan fingerprint density at radius 1 is 1.48 bits per heavy atom. The van der Waals surface area contributed by atoms with Gasteiger partial charge < -0.3 is 19.9 Å². The molecule has 0 bridgehead atoms. The molecule has 2 heterocycles. The third-order valence-electron chi connectivity index (χ3n) is 4.46. The second-order valence-corrected chi connectivity index (χ2v) is 6.24. The maximum absolute atomic E-state index is 13.8. The van der Waals surface area contributed by atoms with Crippen molar-refractivity contribution in [3.63, 3.8) is 0 Å². The van der Waals surface area contributed by atoms with Crippen molar-refractivity contribution < 1.29 is 13.9 Å². The number of ether oxygens (including phenoxy) is 1. The number of aryl methyl sites for hydroxylation is 2. The molecule has 0 unspecified atom stereocenters. The van der Waals surface area contributed by atoms with Crippen molar-refractivity contribution in [1.82, 2.24) is 14.9 Å². The smallest absolute Gasteiger partial charge is 0.319 e. The molecule has 134 valence electrons. The number of nitrogens with one attached hydrogen (secondary N) is 2. The molecule has 1 fully saturated rings. The minimum absolute atomic E-state index is 0.0183. The van der Waals surface area contributed by atoms with E-state index in [2.05, 4.69) is 15.6 Å². The molecule has 2 amide bonds. The van der Waals surface area contributed by atoms with E-state index in [0.29, 0.717) is 30.7 Å². The van der Waals surface area contributed by atoms with Gasteiger partial charge in [-0.05, 0) is 30.5 Å². The van der Waals surface area contributed by atoms with Gasteiger partial charge in [-0.2, -0.15) is 0 Å². The van der Waals surface area contributed by atoms with E-state index in [-0.39, 0.29) is 24.0 Å². The second-order valence-electron chi connectivity index (χ2n) is 6.24. The van der Waals surface area contributed by atoms with E-state index in [1.54, 1.807) is 18.3 Å². The summed E-state index contributed by atoms with van der Waals surface area (Å²) in [6, 6.07) is 4.39. The molecule has 0 spiro atoms. The van der Waals surface area contributed by atoms with Crippen molar-refractivity contribution in [2.75, 3.05) is 11.9 Å². The van der Waals surface area contributed by atoms with Gasteiger partial charge in [0.2, 0.25) is 0 Å². The minimum Gasteiger partial charge on any atom is -0.370 e. The number of hydrogen-bond acceptors (Lipinski definition) is 3. The Labute approximate surface area is 146 Å². The van der Waals surface area contributed by atoms with Gasteiger partial charge in [0, 0.05) is 44.2 Å². The maximum atomic E-state index is 13.8. The number of rotatable bonds is 4. The summed E-state index contributed by atoms with van der Waals surface area (Å²) in [7, 11) is 1.92. The largest absolute Gasteiger partial charge is 0.370 e. The highest BCUT2D eigenvalue weighted by molar-refractivity contribution is 5.89. The number of anilines is 1. The molecule has 7 heteroatoms. The summed E-state index contributed by atoms with van der Waals surface area (Å²) in [4.78, 5) is 16.5. The summed E-state index contributed by atoms with van der Waals surface area (Å²) in [5.41, 5.74) is 1.08. The third-order valence-corrected chi connectivity index (χ3v) is 4.46. The van der Waals surface area contributed by atoms with Crippen LogP contribution in [0.1, 0.15) is 37.3 Å². The molecule has 1 aliphatic rings. The first-order valence-electron chi connectivity index (χ1n) is 8.51. The summed E-state index contributed by atoms with van der Waals surface area (Å²) in [5, 5.41) is 5.63. The van der Waals surface area contributed by atoms with Gasteiger partial charge in [0.15, 0.2) is 0 Å². The van der Waals surface area contributed by atoms with Gasteiger partial charge in [0.1, 0.15) is 17.7 Å². The number of urea groups is 1. The van der Waals surface area contributed by atoms with Crippen LogP contribution in [0.4, 0.5) is 14.9 Å². The van der Waals surface area contributed by atoms with E-state index < -0.39 is 0 Å². The average Bonchev–Trinajstić information content (AvgIpc) is 3.01. The number of halogens is 1. The number of carbonyl (C=O) groups excluding carboxylic acids is 1. The molecule has 2 aromatic rings. The second kappa shape index (κ2) is 7.65. The molecule has 6 nitrogen and oxygen atoms in total. The molecule has 3 rings (SSSR count). The predicted molar refractivity (Wildman–Crippen MR) is 92.9 cm³/mol. The number of nitrogens with zero attached hydrogens (tertiary/aromatic N) is 2. The predicted octanol–water partition coefficient (Wildman–Crippen LogP) is 3.16. The summed E-state index contributed by atoms with van der Waals surface area (Å²) in [6.07, 6.45) is 5.47. The normalized spacial score (nSPS) is 20.3. The number of carbonyl (C=O) groups is 1.